The van der Waals surface area contributed by atoms with E-state index in [-0.39, 0.29) is 33.0 Å². The van der Waals surface area contributed by atoms with Crippen molar-refractivity contribution in [3.05, 3.63) is 21.4 Å². The van der Waals surface area contributed by atoms with Gasteiger partial charge < -0.3 is 14.5 Å². The van der Waals surface area contributed by atoms with E-state index in [9.17, 15) is 13.2 Å². The molecule has 1 aromatic heterocycles. The standard InChI is InChI=1S/C20H26BrClFN5O4S/c1-10-9-28(19(29)32-20(3,4)5)11(2)8-27(10)17-12-7-13(22)14(21)15(23)16(12)24-18(25-17)26-33(6,30)31/h7,10-11H,8-9H2,1-6H3,(H,24,25,26)/t10-,11+/m0/s1. The number of piperazine rings is 1. The predicted molar refractivity (Wildman–Crippen MR) is 130 cm³/mol. The maximum absolute atomic E-state index is 15.0. The maximum atomic E-state index is 15.0. The van der Waals surface area contributed by atoms with Crippen LogP contribution in [0.15, 0.2) is 10.5 Å². The second-order valence-corrected chi connectivity index (χ2v) is 12.1. The van der Waals surface area contributed by atoms with Crippen LogP contribution in [0.3, 0.4) is 0 Å². The van der Waals surface area contributed by atoms with E-state index in [0.717, 1.165) is 6.26 Å². The lowest BCUT2D eigenvalue weighted by molar-refractivity contribution is 0.0130. The number of benzene rings is 1. The van der Waals surface area contributed by atoms with E-state index >= 15 is 4.39 Å². The van der Waals surface area contributed by atoms with Gasteiger partial charge in [-0.25, -0.2) is 22.6 Å². The van der Waals surface area contributed by atoms with Crippen molar-refractivity contribution in [2.75, 3.05) is 29.0 Å². The minimum absolute atomic E-state index is 0.0165. The number of fused-ring (bicyclic) bond motifs is 1. The maximum Gasteiger partial charge on any atom is 0.410 e. The minimum atomic E-state index is -3.71. The smallest absolute Gasteiger partial charge is 0.410 e. The fourth-order valence-electron chi connectivity index (χ4n) is 3.58. The Hall–Kier alpha value is -1.92. The Morgan fingerprint density at radius 1 is 1.27 bits per heavy atom. The summed E-state index contributed by atoms with van der Waals surface area (Å²) in [4.78, 5) is 24.6. The number of rotatable bonds is 3. The number of hydrogen-bond acceptors (Lipinski definition) is 7. The van der Waals surface area contributed by atoms with Crippen LogP contribution in [0.25, 0.3) is 10.9 Å². The predicted octanol–water partition coefficient (Wildman–Crippen LogP) is 4.39. The summed E-state index contributed by atoms with van der Waals surface area (Å²) in [6, 6.07) is 1.02. The Labute approximate surface area is 205 Å². The Morgan fingerprint density at radius 3 is 2.48 bits per heavy atom. The van der Waals surface area contributed by atoms with Gasteiger partial charge in [-0.2, -0.15) is 4.98 Å². The first-order valence-corrected chi connectivity index (χ1v) is 13.2. The molecule has 1 fully saturated rings. The summed E-state index contributed by atoms with van der Waals surface area (Å²) in [5.41, 5.74) is -0.717. The van der Waals surface area contributed by atoms with Crippen LogP contribution in [0, 0.1) is 5.82 Å². The van der Waals surface area contributed by atoms with Gasteiger partial charge in [0.25, 0.3) is 0 Å². The molecule has 1 saturated heterocycles. The van der Waals surface area contributed by atoms with E-state index in [0.29, 0.717) is 24.3 Å². The van der Waals surface area contributed by atoms with E-state index < -0.39 is 27.5 Å². The number of anilines is 2. The third kappa shape index (κ3) is 5.78. The van der Waals surface area contributed by atoms with Crippen molar-refractivity contribution < 1.29 is 22.3 Å². The Morgan fingerprint density at radius 2 is 1.91 bits per heavy atom. The number of nitrogens with zero attached hydrogens (tertiary/aromatic N) is 4. The highest BCUT2D eigenvalue weighted by Gasteiger charge is 2.36. The summed E-state index contributed by atoms with van der Waals surface area (Å²) in [5, 5.41) is 0.450. The highest BCUT2D eigenvalue weighted by Crippen LogP contribution is 2.37. The van der Waals surface area contributed by atoms with Gasteiger partial charge in [0.05, 0.1) is 15.8 Å². The normalized spacial score (nSPS) is 19.7. The van der Waals surface area contributed by atoms with Gasteiger partial charge in [-0.3, -0.25) is 4.72 Å². The summed E-state index contributed by atoms with van der Waals surface area (Å²) < 4.78 is 46.4. The van der Waals surface area contributed by atoms with Gasteiger partial charge in [0.1, 0.15) is 16.9 Å². The molecule has 9 nitrogen and oxygen atoms in total. The monoisotopic (exact) mass is 565 g/mol. The van der Waals surface area contributed by atoms with Crippen LogP contribution in [-0.4, -0.2) is 66.4 Å². The molecule has 1 aliphatic rings. The van der Waals surface area contributed by atoms with Gasteiger partial charge in [0, 0.05) is 30.6 Å². The summed E-state index contributed by atoms with van der Waals surface area (Å²) in [5.74, 6) is -0.684. The van der Waals surface area contributed by atoms with Crippen molar-refractivity contribution in [2.45, 2.75) is 52.3 Å². The molecular formula is C20H26BrClFN5O4S. The van der Waals surface area contributed by atoms with E-state index in [2.05, 4.69) is 30.6 Å². The Balaban J connectivity index is 2.08. The molecule has 0 radical (unpaired) electrons. The molecule has 2 atom stereocenters. The van der Waals surface area contributed by atoms with Crippen molar-refractivity contribution >= 4 is 66.3 Å². The lowest BCUT2D eigenvalue weighted by Crippen LogP contribution is -2.59. The molecule has 0 unspecified atom stereocenters. The molecule has 0 bridgehead atoms. The highest BCUT2D eigenvalue weighted by atomic mass is 79.9. The number of carbonyl (C=O) groups excluding carboxylic acids is 1. The molecule has 1 amide bonds. The number of hydrogen-bond donors (Lipinski definition) is 1. The Kier molecular flexibility index (Phi) is 7.03. The number of halogens is 3. The van der Waals surface area contributed by atoms with Gasteiger partial charge >= 0.3 is 6.09 Å². The summed E-state index contributed by atoms with van der Waals surface area (Å²) in [6.45, 7) is 9.83. The van der Waals surface area contributed by atoms with Crippen LogP contribution in [0.2, 0.25) is 5.02 Å². The molecular weight excluding hydrogens is 541 g/mol. The third-order valence-electron chi connectivity index (χ3n) is 4.97. The number of amides is 1. The van der Waals surface area contributed by atoms with Gasteiger partial charge in [0.15, 0.2) is 5.82 Å². The van der Waals surface area contributed by atoms with Crippen molar-refractivity contribution in [3.8, 4) is 0 Å². The largest absolute Gasteiger partial charge is 0.444 e. The summed E-state index contributed by atoms with van der Waals surface area (Å²) in [7, 11) is -3.71. The molecule has 0 saturated carbocycles. The molecule has 13 heteroatoms. The zero-order chi connectivity index (χ0) is 24.9. The first kappa shape index (κ1) is 25.7. The highest BCUT2D eigenvalue weighted by molar-refractivity contribution is 9.10. The van der Waals surface area contributed by atoms with Gasteiger partial charge in [0.2, 0.25) is 16.0 Å². The van der Waals surface area contributed by atoms with Crippen molar-refractivity contribution in [1.82, 2.24) is 14.9 Å². The van der Waals surface area contributed by atoms with Crippen LogP contribution in [-0.2, 0) is 14.8 Å². The van der Waals surface area contributed by atoms with Crippen LogP contribution >= 0.6 is 27.5 Å². The van der Waals surface area contributed by atoms with E-state index in [1.807, 2.05) is 18.7 Å². The topological polar surface area (TPSA) is 105 Å². The molecule has 2 heterocycles. The van der Waals surface area contributed by atoms with Crippen LogP contribution in [0.1, 0.15) is 34.6 Å². The summed E-state index contributed by atoms with van der Waals surface area (Å²) in [6.07, 6.45) is 0.532. The first-order valence-electron chi connectivity index (χ1n) is 10.2. The molecule has 0 aliphatic carbocycles. The van der Waals surface area contributed by atoms with Crippen LogP contribution in [0.4, 0.5) is 21.0 Å². The molecule has 1 N–H and O–H groups in total. The Bertz CT molecular complexity index is 1210. The zero-order valence-electron chi connectivity index (χ0n) is 19.1. The average molecular weight is 567 g/mol. The molecule has 1 aromatic carbocycles. The number of nitrogens with one attached hydrogen (secondary N) is 1. The molecule has 0 spiro atoms. The van der Waals surface area contributed by atoms with Crippen LogP contribution < -0.4 is 9.62 Å². The van der Waals surface area contributed by atoms with E-state index in [4.69, 9.17) is 16.3 Å². The molecule has 1 aliphatic heterocycles. The number of ether oxygens (including phenoxy) is 1. The second kappa shape index (κ2) is 9.03. The van der Waals surface area contributed by atoms with Gasteiger partial charge in [-0.05, 0) is 56.6 Å². The zero-order valence-corrected chi connectivity index (χ0v) is 22.3. The second-order valence-electron chi connectivity index (χ2n) is 9.11. The lowest BCUT2D eigenvalue weighted by atomic mass is 10.1. The SMILES string of the molecule is C[C@@H]1CN(c2nc(NS(C)(=O)=O)nc3c(F)c(Br)c(Cl)cc23)[C@@H](C)CN1C(=O)OC(C)(C)C. The fourth-order valence-corrected chi connectivity index (χ4v) is 4.50. The molecule has 33 heavy (non-hydrogen) atoms. The van der Waals surface area contributed by atoms with Gasteiger partial charge in [-0.1, -0.05) is 11.6 Å². The van der Waals surface area contributed by atoms with E-state index in [1.165, 1.54) is 6.07 Å². The summed E-state index contributed by atoms with van der Waals surface area (Å²) >= 11 is 9.30. The number of aromatic nitrogens is 2. The molecule has 3 rings (SSSR count). The number of carbonyl (C=O) groups is 1. The van der Waals surface area contributed by atoms with E-state index in [1.54, 1.807) is 25.7 Å². The van der Waals surface area contributed by atoms with Crippen LogP contribution in [0.5, 0.6) is 0 Å². The van der Waals surface area contributed by atoms with Gasteiger partial charge in [-0.15, -0.1) is 0 Å². The first-order chi connectivity index (χ1) is 15.1. The minimum Gasteiger partial charge on any atom is -0.444 e. The van der Waals surface area contributed by atoms with Crippen molar-refractivity contribution in [2.24, 2.45) is 0 Å². The van der Waals surface area contributed by atoms with Crippen molar-refractivity contribution in [1.29, 1.82) is 0 Å². The third-order valence-corrected chi connectivity index (χ3v) is 6.82. The lowest BCUT2D eigenvalue weighted by Gasteiger charge is -2.45. The van der Waals surface area contributed by atoms with Crippen molar-refractivity contribution in [3.63, 3.8) is 0 Å². The molecule has 182 valence electrons. The molecule has 2 aromatic rings. The quantitative estimate of drug-likeness (QED) is 0.550. The average Bonchev–Trinajstić information content (AvgIpc) is 2.65. The number of sulfonamides is 1. The fraction of sp³-hybridized carbons (Fsp3) is 0.550.